The number of nitrogens with zero attached hydrogens (tertiary/aromatic N) is 1. The number of rotatable bonds is 11. The maximum absolute atomic E-state index is 13.4. The van der Waals surface area contributed by atoms with Gasteiger partial charge in [0.05, 0.1) is 12.1 Å². The number of hydrogen-bond donors (Lipinski definition) is 0. The summed E-state index contributed by atoms with van der Waals surface area (Å²) in [5.41, 5.74) is 6.79. The molecule has 4 aromatic rings. The van der Waals surface area contributed by atoms with Crippen molar-refractivity contribution in [1.82, 2.24) is 4.40 Å². The molecular weight excluding hydrogens is 458 g/mol. The van der Waals surface area contributed by atoms with Crippen molar-refractivity contribution in [3.05, 3.63) is 113 Å². The van der Waals surface area contributed by atoms with E-state index in [-0.39, 0.29) is 11.8 Å². The van der Waals surface area contributed by atoms with E-state index in [0.29, 0.717) is 42.9 Å². The predicted molar refractivity (Wildman–Crippen MR) is 151 cm³/mol. The number of hydrogen-bond acceptors (Lipinski definition) is 3. The first-order chi connectivity index (χ1) is 17.9. The van der Waals surface area contributed by atoms with Crippen LogP contribution in [0.2, 0.25) is 0 Å². The van der Waals surface area contributed by atoms with Crippen LogP contribution in [0.5, 0.6) is 0 Å². The van der Waals surface area contributed by atoms with Gasteiger partial charge in [0.25, 0.3) is 0 Å². The Bertz CT molecular complexity index is 1380. The molecule has 0 saturated carbocycles. The molecule has 190 valence electrons. The maximum atomic E-state index is 13.4. The van der Waals surface area contributed by atoms with Crippen molar-refractivity contribution in [3.8, 4) is 0 Å². The fraction of sp³-hybridized carbons (Fsp3) is 0.273. The Labute approximate surface area is 219 Å². The number of pyridine rings is 1. The van der Waals surface area contributed by atoms with E-state index in [1.165, 1.54) is 5.56 Å². The average molecular weight is 494 g/mol. The van der Waals surface area contributed by atoms with Gasteiger partial charge in [-0.1, -0.05) is 80.6 Å². The van der Waals surface area contributed by atoms with Gasteiger partial charge in [0, 0.05) is 29.4 Å². The molecule has 2 heterocycles. The van der Waals surface area contributed by atoms with Crippen molar-refractivity contribution in [2.24, 2.45) is 5.92 Å². The van der Waals surface area contributed by atoms with Gasteiger partial charge in [0.2, 0.25) is 0 Å². The van der Waals surface area contributed by atoms with E-state index in [9.17, 15) is 9.59 Å². The Kier molecular flexibility index (Phi) is 8.73. The van der Waals surface area contributed by atoms with Gasteiger partial charge in [-0.3, -0.25) is 9.59 Å². The molecule has 0 radical (unpaired) electrons. The molecule has 0 spiro atoms. The third-order valence-corrected chi connectivity index (χ3v) is 6.38. The van der Waals surface area contributed by atoms with Gasteiger partial charge in [-0.15, -0.1) is 0 Å². The highest BCUT2D eigenvalue weighted by Crippen LogP contribution is 2.23. The molecule has 2 aromatic heterocycles. The molecule has 4 heteroatoms. The van der Waals surface area contributed by atoms with Crippen molar-refractivity contribution < 1.29 is 14.3 Å². The Morgan fingerprint density at radius 1 is 0.919 bits per heavy atom. The van der Waals surface area contributed by atoms with Crippen molar-refractivity contribution >= 4 is 29.4 Å². The molecule has 37 heavy (non-hydrogen) atoms. The highest BCUT2D eigenvalue weighted by molar-refractivity contribution is 6.13. The number of carbonyl (C=O) groups excluding carboxylic acids is 2. The lowest BCUT2D eigenvalue weighted by Crippen LogP contribution is -2.04. The standard InChI is InChI=1S/C33H35NO3/c1-4-37-32(35)10-7-8-29-23-30(31-9-5-6-21-34(29)31)33(36)28-19-17-26(18-20-28)12-11-25-13-15-27(16-14-25)22-24(2)3/h5-6,9,11-21,23-24H,4,7-8,10,22H2,1-3H3/b12-11-. The zero-order valence-corrected chi connectivity index (χ0v) is 21.9. The molecule has 4 nitrogen and oxygen atoms in total. The zero-order chi connectivity index (χ0) is 26.2. The predicted octanol–water partition coefficient (Wildman–Crippen LogP) is 7.43. The quantitative estimate of drug-likeness (QED) is 0.124. The molecular formula is C33H35NO3. The Balaban J connectivity index is 1.46. The average Bonchev–Trinajstić information content (AvgIpc) is 3.27. The van der Waals surface area contributed by atoms with E-state index in [1.54, 1.807) is 0 Å². The topological polar surface area (TPSA) is 47.8 Å². The fourth-order valence-corrected chi connectivity index (χ4v) is 4.57. The number of carbonyl (C=O) groups is 2. The number of ether oxygens (including phenoxy) is 1. The molecule has 0 bridgehead atoms. The van der Waals surface area contributed by atoms with E-state index in [4.69, 9.17) is 4.74 Å². The van der Waals surface area contributed by atoms with Gasteiger partial charge >= 0.3 is 5.97 Å². The van der Waals surface area contributed by atoms with Gasteiger partial charge in [-0.25, -0.2) is 0 Å². The summed E-state index contributed by atoms with van der Waals surface area (Å²) in [5, 5.41) is 0. The number of ketones is 1. The summed E-state index contributed by atoms with van der Waals surface area (Å²) < 4.78 is 7.08. The molecule has 0 unspecified atom stereocenters. The SMILES string of the molecule is CCOC(=O)CCCc1cc(C(=O)c2ccc(/C=C\c3ccc(CC(C)C)cc3)cc2)c2ccccn12. The third-order valence-electron chi connectivity index (χ3n) is 6.38. The molecule has 0 amide bonds. The lowest BCUT2D eigenvalue weighted by atomic mass is 10.0. The number of benzene rings is 2. The monoisotopic (exact) mass is 493 g/mol. The molecule has 0 fully saturated rings. The third kappa shape index (κ3) is 6.85. The van der Waals surface area contributed by atoms with Crippen molar-refractivity contribution in [2.75, 3.05) is 6.61 Å². The van der Waals surface area contributed by atoms with Crippen LogP contribution >= 0.6 is 0 Å². The van der Waals surface area contributed by atoms with E-state index in [1.807, 2.05) is 66.1 Å². The number of esters is 1. The number of fused-ring (bicyclic) bond motifs is 1. The number of aromatic nitrogens is 1. The van der Waals surface area contributed by atoms with Crippen LogP contribution < -0.4 is 0 Å². The van der Waals surface area contributed by atoms with Gasteiger partial charge in [0.1, 0.15) is 0 Å². The van der Waals surface area contributed by atoms with Crippen LogP contribution in [0, 0.1) is 5.92 Å². The minimum absolute atomic E-state index is 0.00314. The van der Waals surface area contributed by atoms with Crippen LogP contribution in [0.25, 0.3) is 17.7 Å². The maximum Gasteiger partial charge on any atom is 0.305 e. The van der Waals surface area contributed by atoms with E-state index in [0.717, 1.165) is 28.8 Å². The van der Waals surface area contributed by atoms with E-state index in [2.05, 4.69) is 50.3 Å². The van der Waals surface area contributed by atoms with Crippen molar-refractivity contribution in [1.29, 1.82) is 0 Å². The summed E-state index contributed by atoms with van der Waals surface area (Å²) >= 11 is 0. The summed E-state index contributed by atoms with van der Waals surface area (Å²) in [6.45, 7) is 6.67. The van der Waals surface area contributed by atoms with Crippen LogP contribution in [0.3, 0.4) is 0 Å². The van der Waals surface area contributed by atoms with Crippen LogP contribution in [0.4, 0.5) is 0 Å². The molecule has 0 atom stereocenters. The minimum atomic E-state index is -0.183. The summed E-state index contributed by atoms with van der Waals surface area (Å²) in [7, 11) is 0. The fourth-order valence-electron chi connectivity index (χ4n) is 4.57. The normalized spacial score (nSPS) is 11.5. The second-order valence-electron chi connectivity index (χ2n) is 9.79. The summed E-state index contributed by atoms with van der Waals surface area (Å²) in [6, 6.07) is 24.2. The molecule has 4 rings (SSSR count). The Morgan fingerprint density at radius 3 is 2.24 bits per heavy atom. The van der Waals surface area contributed by atoms with Crippen LogP contribution in [0.15, 0.2) is 79.0 Å². The first-order valence-corrected chi connectivity index (χ1v) is 13.1. The Morgan fingerprint density at radius 2 is 1.59 bits per heavy atom. The highest BCUT2D eigenvalue weighted by atomic mass is 16.5. The highest BCUT2D eigenvalue weighted by Gasteiger charge is 2.17. The van der Waals surface area contributed by atoms with Crippen molar-refractivity contribution in [3.63, 3.8) is 0 Å². The van der Waals surface area contributed by atoms with E-state index < -0.39 is 0 Å². The lowest BCUT2D eigenvalue weighted by Gasteiger charge is -2.05. The second-order valence-corrected chi connectivity index (χ2v) is 9.79. The van der Waals surface area contributed by atoms with Crippen LogP contribution in [-0.2, 0) is 22.4 Å². The Hall–Kier alpha value is -3.92. The van der Waals surface area contributed by atoms with Crippen molar-refractivity contribution in [2.45, 2.75) is 46.5 Å². The molecule has 0 aliphatic rings. The summed E-state index contributed by atoms with van der Waals surface area (Å²) in [5.74, 6) is 0.462. The van der Waals surface area contributed by atoms with Crippen LogP contribution in [-0.4, -0.2) is 22.8 Å². The molecule has 0 aliphatic heterocycles. The van der Waals surface area contributed by atoms with Gasteiger partial charge in [0.15, 0.2) is 5.78 Å². The van der Waals surface area contributed by atoms with Gasteiger partial charge in [-0.05, 0) is 67.0 Å². The molecule has 0 saturated heterocycles. The summed E-state index contributed by atoms with van der Waals surface area (Å²) in [4.78, 5) is 25.1. The second kappa shape index (κ2) is 12.4. The molecule has 0 N–H and O–H groups in total. The largest absolute Gasteiger partial charge is 0.466 e. The molecule has 0 aliphatic carbocycles. The summed E-state index contributed by atoms with van der Waals surface area (Å²) in [6.07, 6.45) is 8.96. The first-order valence-electron chi connectivity index (χ1n) is 13.1. The zero-order valence-electron chi connectivity index (χ0n) is 21.9. The number of aryl methyl sites for hydroxylation is 1. The van der Waals surface area contributed by atoms with E-state index >= 15 is 0 Å². The van der Waals surface area contributed by atoms with Crippen LogP contribution in [0.1, 0.15) is 71.9 Å². The minimum Gasteiger partial charge on any atom is -0.466 e. The lowest BCUT2D eigenvalue weighted by molar-refractivity contribution is -0.143. The van der Waals surface area contributed by atoms with Gasteiger partial charge in [-0.2, -0.15) is 0 Å². The first kappa shape index (κ1) is 26.2. The molecule has 2 aromatic carbocycles. The van der Waals surface area contributed by atoms with Gasteiger partial charge < -0.3 is 9.14 Å². The smallest absolute Gasteiger partial charge is 0.305 e.